The molecule has 1 aromatic rings. The molecule has 1 heterocycles. The molecule has 0 bridgehead atoms. The Morgan fingerprint density at radius 1 is 1.04 bits per heavy atom. The summed E-state index contributed by atoms with van der Waals surface area (Å²) < 4.78 is 0. The zero-order valence-corrected chi connectivity index (χ0v) is 15.7. The number of ketones is 1. The van der Waals surface area contributed by atoms with Gasteiger partial charge < -0.3 is 0 Å². The first kappa shape index (κ1) is 16.2. The summed E-state index contributed by atoms with van der Waals surface area (Å²) in [5.41, 5.74) is 5.93. The molecule has 26 heavy (non-hydrogen) atoms. The highest BCUT2D eigenvalue weighted by Gasteiger charge is 2.54. The van der Waals surface area contributed by atoms with Crippen LogP contribution in [0.3, 0.4) is 0 Å². The highest BCUT2D eigenvalue weighted by Crippen LogP contribution is 2.65. The maximum absolute atomic E-state index is 11.9. The predicted molar refractivity (Wildman–Crippen MR) is 102 cm³/mol. The Balaban J connectivity index is 1.50. The third-order valence-electron chi connectivity index (χ3n) is 7.88. The standard InChI is InChI=1S/C23H26N2O/c1-22-9-7-17(26)11-16(22)3-4-18-20-6-5-19(15-12-24-14-25-13-15)23(20,2)10-8-21(18)22/h5-6,11-14,18,21H,3-4,7-10H2,1-2H3. The van der Waals surface area contributed by atoms with Gasteiger partial charge in [-0.15, -0.1) is 0 Å². The fraction of sp³-hybridized carbons (Fsp3) is 0.522. The van der Waals surface area contributed by atoms with E-state index in [1.807, 2.05) is 18.5 Å². The van der Waals surface area contributed by atoms with Crippen LogP contribution < -0.4 is 0 Å². The first-order valence-electron chi connectivity index (χ1n) is 9.94. The monoisotopic (exact) mass is 346 g/mol. The molecule has 4 unspecified atom stereocenters. The highest BCUT2D eigenvalue weighted by molar-refractivity contribution is 5.91. The number of nitrogens with zero attached hydrogens (tertiary/aromatic N) is 2. The molecule has 0 amide bonds. The number of carbonyl (C=O) groups excluding carboxylic acids is 1. The molecule has 4 aliphatic carbocycles. The molecule has 4 atom stereocenters. The molecule has 0 radical (unpaired) electrons. The van der Waals surface area contributed by atoms with Crippen LogP contribution in [-0.4, -0.2) is 15.8 Å². The molecule has 0 aliphatic heterocycles. The third kappa shape index (κ3) is 2.09. The van der Waals surface area contributed by atoms with Gasteiger partial charge in [0.25, 0.3) is 0 Å². The van der Waals surface area contributed by atoms with Crippen molar-refractivity contribution in [2.24, 2.45) is 22.7 Å². The molecule has 3 heteroatoms. The molecule has 0 spiro atoms. The van der Waals surface area contributed by atoms with Gasteiger partial charge in [-0.05, 0) is 61.0 Å². The van der Waals surface area contributed by atoms with E-state index in [-0.39, 0.29) is 10.8 Å². The number of rotatable bonds is 1. The largest absolute Gasteiger partial charge is 0.295 e. The molecule has 0 saturated heterocycles. The van der Waals surface area contributed by atoms with E-state index in [9.17, 15) is 4.79 Å². The molecule has 3 nitrogen and oxygen atoms in total. The highest BCUT2D eigenvalue weighted by atomic mass is 16.1. The SMILES string of the molecule is CC12CCC3C(CCC4=CC(=O)CCC43C)C1=CC=C2c1cncnc1. The van der Waals surface area contributed by atoms with Crippen LogP contribution in [0.1, 0.15) is 57.9 Å². The summed E-state index contributed by atoms with van der Waals surface area (Å²) in [6.07, 6.45) is 18.6. The van der Waals surface area contributed by atoms with E-state index in [1.54, 1.807) is 11.9 Å². The first-order valence-corrected chi connectivity index (χ1v) is 9.94. The fourth-order valence-electron chi connectivity index (χ4n) is 6.41. The van der Waals surface area contributed by atoms with Crippen LogP contribution in [0.5, 0.6) is 0 Å². The van der Waals surface area contributed by atoms with Crippen LogP contribution in [0.25, 0.3) is 5.57 Å². The normalized spacial score (nSPS) is 38.5. The Hall–Kier alpha value is -2.03. The summed E-state index contributed by atoms with van der Waals surface area (Å²) in [6.45, 7) is 4.85. The van der Waals surface area contributed by atoms with E-state index in [1.165, 1.54) is 30.4 Å². The molecular weight excluding hydrogens is 320 g/mol. The van der Waals surface area contributed by atoms with Gasteiger partial charge in [0.05, 0.1) is 0 Å². The van der Waals surface area contributed by atoms with Crippen LogP contribution in [0, 0.1) is 22.7 Å². The van der Waals surface area contributed by atoms with Crippen LogP contribution in [0.15, 0.2) is 48.1 Å². The van der Waals surface area contributed by atoms with E-state index in [0.29, 0.717) is 17.6 Å². The van der Waals surface area contributed by atoms with Gasteiger partial charge in [-0.25, -0.2) is 9.97 Å². The number of hydrogen-bond acceptors (Lipinski definition) is 3. The minimum absolute atomic E-state index is 0.119. The van der Waals surface area contributed by atoms with Crippen molar-refractivity contribution in [1.29, 1.82) is 0 Å². The average Bonchev–Trinajstić information content (AvgIpc) is 3.00. The molecule has 2 fully saturated rings. The van der Waals surface area contributed by atoms with Crippen molar-refractivity contribution in [3.63, 3.8) is 0 Å². The maximum Gasteiger partial charge on any atom is 0.155 e. The molecular formula is C23H26N2O. The minimum Gasteiger partial charge on any atom is -0.295 e. The van der Waals surface area contributed by atoms with Crippen molar-refractivity contribution < 1.29 is 4.79 Å². The molecule has 134 valence electrons. The summed E-state index contributed by atoms with van der Waals surface area (Å²) in [6, 6.07) is 0. The molecule has 0 aromatic carbocycles. The minimum atomic E-state index is 0.119. The number of fused-ring (bicyclic) bond motifs is 5. The second-order valence-corrected chi connectivity index (χ2v) is 9.01. The van der Waals surface area contributed by atoms with Crippen molar-refractivity contribution in [2.45, 2.75) is 52.4 Å². The quantitative estimate of drug-likeness (QED) is 0.725. The van der Waals surface area contributed by atoms with Crippen molar-refractivity contribution in [1.82, 2.24) is 9.97 Å². The summed E-state index contributed by atoms with van der Waals surface area (Å²) in [5.74, 6) is 1.65. The van der Waals surface area contributed by atoms with Crippen molar-refractivity contribution in [3.05, 3.63) is 53.7 Å². The topological polar surface area (TPSA) is 42.9 Å². The van der Waals surface area contributed by atoms with E-state index in [2.05, 4.69) is 36.0 Å². The lowest BCUT2D eigenvalue weighted by Gasteiger charge is -2.56. The third-order valence-corrected chi connectivity index (χ3v) is 7.88. The number of hydrogen-bond donors (Lipinski definition) is 0. The zero-order valence-electron chi connectivity index (χ0n) is 15.7. The van der Waals surface area contributed by atoms with Gasteiger partial charge in [0, 0.05) is 29.8 Å². The predicted octanol–water partition coefficient (Wildman–Crippen LogP) is 4.92. The van der Waals surface area contributed by atoms with Gasteiger partial charge in [0.1, 0.15) is 6.33 Å². The number of allylic oxidation sites excluding steroid dienone is 6. The second-order valence-electron chi connectivity index (χ2n) is 9.01. The Kier molecular flexibility index (Phi) is 3.41. The van der Waals surface area contributed by atoms with E-state index >= 15 is 0 Å². The van der Waals surface area contributed by atoms with Gasteiger partial charge in [-0.1, -0.05) is 37.1 Å². The van der Waals surface area contributed by atoms with E-state index in [4.69, 9.17) is 0 Å². The number of aromatic nitrogens is 2. The average molecular weight is 346 g/mol. The van der Waals surface area contributed by atoms with Gasteiger partial charge >= 0.3 is 0 Å². The van der Waals surface area contributed by atoms with Gasteiger partial charge in [0.15, 0.2) is 5.78 Å². The van der Waals surface area contributed by atoms with Gasteiger partial charge in [-0.3, -0.25) is 4.79 Å². The van der Waals surface area contributed by atoms with Crippen LogP contribution >= 0.6 is 0 Å². The summed E-state index contributed by atoms with van der Waals surface area (Å²) in [4.78, 5) is 20.4. The van der Waals surface area contributed by atoms with Crippen molar-refractivity contribution in [3.8, 4) is 0 Å². The van der Waals surface area contributed by atoms with Crippen molar-refractivity contribution in [2.75, 3.05) is 0 Å². The summed E-state index contributed by atoms with van der Waals surface area (Å²) >= 11 is 0. The molecule has 1 aromatic heterocycles. The fourth-order valence-corrected chi connectivity index (χ4v) is 6.41. The summed E-state index contributed by atoms with van der Waals surface area (Å²) in [7, 11) is 0. The maximum atomic E-state index is 11.9. The van der Waals surface area contributed by atoms with Crippen LogP contribution in [0.2, 0.25) is 0 Å². The van der Waals surface area contributed by atoms with Gasteiger partial charge in [-0.2, -0.15) is 0 Å². The molecule has 0 N–H and O–H groups in total. The Morgan fingerprint density at radius 3 is 2.65 bits per heavy atom. The molecule has 4 aliphatic rings. The number of carbonyl (C=O) groups is 1. The molecule has 2 saturated carbocycles. The second kappa shape index (κ2) is 5.48. The van der Waals surface area contributed by atoms with Gasteiger partial charge in [0.2, 0.25) is 0 Å². The Bertz CT molecular complexity index is 865. The zero-order chi connectivity index (χ0) is 17.9. The lowest BCUT2D eigenvalue weighted by molar-refractivity contribution is -0.116. The lowest BCUT2D eigenvalue weighted by atomic mass is 9.48. The van der Waals surface area contributed by atoms with E-state index < -0.39 is 0 Å². The lowest BCUT2D eigenvalue weighted by Crippen LogP contribution is -2.47. The first-order chi connectivity index (χ1) is 12.5. The van der Waals surface area contributed by atoms with E-state index in [0.717, 1.165) is 24.8 Å². The van der Waals surface area contributed by atoms with Crippen LogP contribution in [-0.2, 0) is 4.79 Å². The summed E-state index contributed by atoms with van der Waals surface area (Å²) in [5, 5.41) is 0. The van der Waals surface area contributed by atoms with Crippen LogP contribution in [0.4, 0.5) is 0 Å². The Morgan fingerprint density at radius 2 is 1.85 bits per heavy atom. The van der Waals surface area contributed by atoms with Crippen molar-refractivity contribution >= 4 is 11.4 Å². The Labute approximate surface area is 155 Å². The molecule has 5 rings (SSSR count). The smallest absolute Gasteiger partial charge is 0.155 e.